The zero-order valence-electron chi connectivity index (χ0n) is 19.4. The number of esters is 1. The van der Waals surface area contributed by atoms with Gasteiger partial charge in [0, 0.05) is 12.3 Å². The van der Waals surface area contributed by atoms with Crippen LogP contribution in [-0.4, -0.2) is 28.5 Å². The number of ether oxygens (including phenoxy) is 2. The quantitative estimate of drug-likeness (QED) is 0.152. The fraction of sp³-hybridized carbons (Fsp3) is 0.111. The highest BCUT2D eigenvalue weighted by Gasteiger charge is 2.17. The molecule has 0 amide bonds. The Kier molecular flexibility index (Phi) is 6.39. The maximum absolute atomic E-state index is 13.4. The van der Waals surface area contributed by atoms with Crippen LogP contribution < -0.4 is 15.0 Å². The van der Waals surface area contributed by atoms with Crippen LogP contribution in [0.2, 0.25) is 0 Å². The summed E-state index contributed by atoms with van der Waals surface area (Å²) >= 11 is 3.43. The number of nitrogens with zero attached hydrogens (tertiary/aromatic N) is 3. The summed E-state index contributed by atoms with van der Waals surface area (Å²) in [6.07, 6.45) is 1.51. The van der Waals surface area contributed by atoms with Gasteiger partial charge in [-0.3, -0.25) is 9.59 Å². The van der Waals surface area contributed by atoms with Crippen LogP contribution in [0.15, 0.2) is 85.5 Å². The topological polar surface area (TPSA) is 95.9 Å². The predicted octanol–water partition coefficient (Wildman–Crippen LogP) is 5.78. The third-order valence-electron chi connectivity index (χ3n) is 5.30. The molecule has 0 bridgehead atoms. The van der Waals surface area contributed by atoms with Crippen LogP contribution >= 0.6 is 15.9 Å². The number of hydrogen-bond donors (Lipinski definition) is 0. The number of rotatable bonds is 6. The summed E-state index contributed by atoms with van der Waals surface area (Å²) in [7, 11) is 0. The molecular formula is C27H20BrN3O5. The zero-order chi connectivity index (χ0) is 25.2. The van der Waals surface area contributed by atoms with E-state index in [0.717, 1.165) is 5.39 Å². The van der Waals surface area contributed by atoms with Gasteiger partial charge in [-0.1, -0.05) is 30.3 Å². The first-order chi connectivity index (χ1) is 17.4. The molecule has 5 aromatic rings. The molecular weight excluding hydrogens is 526 g/mol. The maximum atomic E-state index is 13.4. The van der Waals surface area contributed by atoms with E-state index in [1.807, 2.05) is 43.3 Å². The van der Waals surface area contributed by atoms with Crippen LogP contribution in [0.3, 0.4) is 0 Å². The lowest BCUT2D eigenvalue weighted by molar-refractivity contribution is -0.132. The van der Waals surface area contributed by atoms with Crippen molar-refractivity contribution in [1.82, 2.24) is 9.66 Å². The van der Waals surface area contributed by atoms with Gasteiger partial charge in [-0.25, -0.2) is 4.98 Å². The SMILES string of the molecule is CCOc1cc(C=Nn2c(-c3cc4ccccc4o3)nc3ccccc3c2=O)cc(Br)c1OC(C)=O. The minimum atomic E-state index is -0.470. The summed E-state index contributed by atoms with van der Waals surface area (Å²) in [5.41, 5.74) is 1.48. The number of fused-ring (bicyclic) bond motifs is 2. The monoisotopic (exact) mass is 545 g/mol. The molecule has 0 aliphatic heterocycles. The molecule has 0 aliphatic rings. The van der Waals surface area contributed by atoms with Gasteiger partial charge >= 0.3 is 5.97 Å². The van der Waals surface area contributed by atoms with Crippen LogP contribution in [0.5, 0.6) is 11.5 Å². The van der Waals surface area contributed by atoms with Crippen LogP contribution in [-0.2, 0) is 4.79 Å². The number of benzene rings is 3. The number of carbonyl (C=O) groups is 1. The molecule has 0 spiro atoms. The summed E-state index contributed by atoms with van der Waals surface area (Å²) in [5, 5.41) is 5.79. The third kappa shape index (κ3) is 4.52. The van der Waals surface area contributed by atoms with Gasteiger partial charge in [0.2, 0.25) is 5.82 Å². The van der Waals surface area contributed by atoms with Crippen molar-refractivity contribution >= 4 is 50.0 Å². The molecule has 0 saturated heterocycles. The first-order valence-electron chi connectivity index (χ1n) is 11.1. The average molecular weight is 546 g/mol. The lowest BCUT2D eigenvalue weighted by Gasteiger charge is -2.12. The number of carbonyl (C=O) groups excluding carboxylic acids is 1. The average Bonchev–Trinajstić information content (AvgIpc) is 3.30. The van der Waals surface area contributed by atoms with Crippen LogP contribution in [0.25, 0.3) is 33.5 Å². The van der Waals surface area contributed by atoms with Gasteiger partial charge < -0.3 is 13.9 Å². The Balaban J connectivity index is 1.66. The van der Waals surface area contributed by atoms with Crippen LogP contribution in [0.4, 0.5) is 0 Å². The van der Waals surface area contributed by atoms with Gasteiger partial charge in [-0.05, 0) is 64.8 Å². The predicted molar refractivity (Wildman–Crippen MR) is 141 cm³/mol. The van der Waals surface area contributed by atoms with Crippen LogP contribution in [0, 0.1) is 0 Å². The first kappa shape index (κ1) is 23.5. The number of halogens is 1. The summed E-state index contributed by atoms with van der Waals surface area (Å²) < 4.78 is 18.7. The Hall–Kier alpha value is -4.24. The molecule has 3 aromatic carbocycles. The molecule has 0 unspecified atom stereocenters. The standard InChI is InChI=1S/C27H20BrN3O5/c1-3-34-23-13-17(12-20(28)25(23)35-16(2)32)15-29-31-26(24-14-18-8-4-7-11-22(18)36-24)30-21-10-6-5-9-19(21)27(31)33/h4-15H,3H2,1-2H3. The molecule has 180 valence electrons. The van der Waals surface area contributed by atoms with Crippen molar-refractivity contribution in [3.63, 3.8) is 0 Å². The minimum Gasteiger partial charge on any atom is -0.490 e. The maximum Gasteiger partial charge on any atom is 0.308 e. The van der Waals surface area contributed by atoms with Crippen molar-refractivity contribution in [1.29, 1.82) is 0 Å². The van der Waals surface area contributed by atoms with E-state index in [0.29, 0.717) is 44.6 Å². The van der Waals surface area contributed by atoms with Crippen molar-refractivity contribution < 1.29 is 18.7 Å². The third-order valence-corrected chi connectivity index (χ3v) is 5.89. The molecule has 0 N–H and O–H groups in total. The fourth-order valence-corrected chi connectivity index (χ4v) is 4.32. The lowest BCUT2D eigenvalue weighted by Crippen LogP contribution is -2.20. The second kappa shape index (κ2) is 9.79. The van der Waals surface area contributed by atoms with Crippen molar-refractivity contribution in [3.05, 3.63) is 87.1 Å². The molecule has 5 rings (SSSR count). The van der Waals surface area contributed by atoms with E-state index in [1.165, 1.54) is 17.8 Å². The first-order valence-corrected chi connectivity index (χ1v) is 11.9. The van der Waals surface area contributed by atoms with Crippen molar-refractivity contribution in [3.8, 4) is 23.1 Å². The Morgan fingerprint density at radius 3 is 2.69 bits per heavy atom. The van der Waals surface area contributed by atoms with E-state index >= 15 is 0 Å². The van der Waals surface area contributed by atoms with E-state index in [-0.39, 0.29) is 17.1 Å². The summed E-state index contributed by atoms with van der Waals surface area (Å²) in [6.45, 7) is 3.51. The molecule has 0 fully saturated rings. The largest absolute Gasteiger partial charge is 0.490 e. The summed E-state index contributed by atoms with van der Waals surface area (Å²) in [4.78, 5) is 29.7. The second-order valence-corrected chi connectivity index (χ2v) is 8.67. The normalized spacial score (nSPS) is 11.4. The van der Waals surface area contributed by atoms with Gasteiger partial charge in [0.05, 0.1) is 28.2 Å². The van der Waals surface area contributed by atoms with Gasteiger partial charge in [0.15, 0.2) is 17.3 Å². The molecule has 0 radical (unpaired) electrons. The van der Waals surface area contributed by atoms with E-state index in [4.69, 9.17) is 13.9 Å². The summed E-state index contributed by atoms with van der Waals surface area (Å²) in [5.74, 6) is 0.853. The van der Waals surface area contributed by atoms with E-state index in [9.17, 15) is 9.59 Å². The molecule has 0 aliphatic carbocycles. The highest BCUT2D eigenvalue weighted by atomic mass is 79.9. The Morgan fingerprint density at radius 1 is 1.14 bits per heavy atom. The summed E-state index contributed by atoms with van der Waals surface area (Å²) in [6, 6.07) is 19.9. The highest BCUT2D eigenvalue weighted by Crippen LogP contribution is 2.37. The van der Waals surface area contributed by atoms with Crippen molar-refractivity contribution in [2.45, 2.75) is 13.8 Å². The second-order valence-electron chi connectivity index (χ2n) is 7.82. The van der Waals surface area contributed by atoms with E-state index in [2.05, 4.69) is 26.0 Å². The fourth-order valence-electron chi connectivity index (χ4n) is 3.77. The molecule has 9 heteroatoms. The number of para-hydroxylation sites is 2. The highest BCUT2D eigenvalue weighted by molar-refractivity contribution is 9.10. The van der Waals surface area contributed by atoms with Crippen molar-refractivity contribution in [2.75, 3.05) is 6.61 Å². The van der Waals surface area contributed by atoms with E-state index in [1.54, 1.807) is 30.3 Å². The minimum absolute atomic E-state index is 0.270. The Morgan fingerprint density at radius 2 is 1.92 bits per heavy atom. The van der Waals surface area contributed by atoms with Gasteiger partial charge in [0.25, 0.3) is 5.56 Å². The molecule has 36 heavy (non-hydrogen) atoms. The number of furan rings is 1. The number of hydrogen-bond acceptors (Lipinski definition) is 7. The van der Waals surface area contributed by atoms with Gasteiger partial charge in [-0.15, -0.1) is 0 Å². The van der Waals surface area contributed by atoms with Crippen LogP contribution in [0.1, 0.15) is 19.4 Å². The Labute approximate surface area is 213 Å². The smallest absolute Gasteiger partial charge is 0.308 e. The number of aromatic nitrogens is 2. The van der Waals surface area contributed by atoms with Gasteiger partial charge in [-0.2, -0.15) is 9.78 Å². The zero-order valence-corrected chi connectivity index (χ0v) is 21.0. The molecule has 0 saturated carbocycles. The van der Waals surface area contributed by atoms with Gasteiger partial charge in [0.1, 0.15) is 5.58 Å². The molecule has 0 atom stereocenters. The molecule has 2 heterocycles. The Bertz CT molecular complexity index is 1670. The molecule has 2 aromatic heterocycles. The lowest BCUT2D eigenvalue weighted by atomic mass is 10.2. The van der Waals surface area contributed by atoms with Crippen molar-refractivity contribution in [2.24, 2.45) is 5.10 Å². The van der Waals surface area contributed by atoms with E-state index < -0.39 is 5.97 Å². The molecule has 8 nitrogen and oxygen atoms in total.